The summed E-state index contributed by atoms with van der Waals surface area (Å²) in [5, 5.41) is 4.46. The summed E-state index contributed by atoms with van der Waals surface area (Å²) in [5.74, 6) is 0. The normalized spacial score (nSPS) is 26.8. The van der Waals surface area contributed by atoms with Gasteiger partial charge in [-0.3, -0.25) is 0 Å². The van der Waals surface area contributed by atoms with E-state index in [1.807, 2.05) is 18.2 Å². The zero-order valence-corrected chi connectivity index (χ0v) is 11.1. The van der Waals surface area contributed by atoms with Gasteiger partial charge in [0.15, 0.2) is 0 Å². The fourth-order valence-electron chi connectivity index (χ4n) is 2.60. The van der Waals surface area contributed by atoms with Crippen LogP contribution in [0.15, 0.2) is 24.3 Å². The van der Waals surface area contributed by atoms with Crippen molar-refractivity contribution in [3.63, 3.8) is 0 Å². The van der Waals surface area contributed by atoms with Crippen LogP contribution in [-0.2, 0) is 0 Å². The molecule has 17 heavy (non-hydrogen) atoms. The number of halogens is 1. The number of nitrogens with two attached hydrogens (primary N) is 1. The van der Waals surface area contributed by atoms with Crippen molar-refractivity contribution in [3.05, 3.63) is 34.9 Å². The number of nitrogens with one attached hydrogen (secondary N) is 1. The molecule has 0 saturated heterocycles. The Morgan fingerprint density at radius 3 is 2.94 bits per heavy atom. The summed E-state index contributed by atoms with van der Waals surface area (Å²) in [6.07, 6.45) is 4.73. The van der Waals surface area contributed by atoms with Crippen LogP contribution in [0.3, 0.4) is 0 Å². The van der Waals surface area contributed by atoms with Gasteiger partial charge in [0.05, 0.1) is 0 Å². The molecule has 0 aliphatic heterocycles. The molecule has 0 spiro atoms. The molecule has 1 saturated carbocycles. The van der Waals surface area contributed by atoms with Crippen LogP contribution < -0.4 is 11.1 Å². The lowest BCUT2D eigenvalue weighted by Gasteiger charge is -2.30. The molecule has 1 aromatic rings. The molecule has 3 heteroatoms. The van der Waals surface area contributed by atoms with E-state index >= 15 is 0 Å². The zero-order valence-electron chi connectivity index (χ0n) is 10.3. The lowest BCUT2D eigenvalue weighted by Crippen LogP contribution is -2.40. The van der Waals surface area contributed by atoms with E-state index in [1.165, 1.54) is 24.8 Å². The number of hydrogen-bond donors (Lipinski definition) is 2. The van der Waals surface area contributed by atoms with Crippen LogP contribution in [0.2, 0.25) is 5.02 Å². The van der Waals surface area contributed by atoms with Crippen molar-refractivity contribution in [1.29, 1.82) is 0 Å². The lowest BCUT2D eigenvalue weighted by atomic mass is 9.91. The Labute approximate surface area is 109 Å². The van der Waals surface area contributed by atoms with E-state index in [0.29, 0.717) is 18.1 Å². The van der Waals surface area contributed by atoms with Gasteiger partial charge in [-0.15, -0.1) is 0 Å². The first-order valence-electron chi connectivity index (χ1n) is 6.42. The monoisotopic (exact) mass is 252 g/mol. The van der Waals surface area contributed by atoms with Crippen LogP contribution >= 0.6 is 11.6 Å². The van der Waals surface area contributed by atoms with Crippen LogP contribution in [-0.4, -0.2) is 12.1 Å². The van der Waals surface area contributed by atoms with E-state index in [1.54, 1.807) is 0 Å². The second-order valence-electron chi connectivity index (χ2n) is 5.07. The third-order valence-corrected chi connectivity index (χ3v) is 3.78. The first-order valence-corrected chi connectivity index (χ1v) is 6.80. The van der Waals surface area contributed by atoms with Gasteiger partial charge in [0.2, 0.25) is 0 Å². The Kier molecular flexibility index (Phi) is 4.43. The average Bonchev–Trinajstić information content (AvgIpc) is 2.29. The summed E-state index contributed by atoms with van der Waals surface area (Å²) in [6.45, 7) is 2.19. The highest BCUT2D eigenvalue weighted by molar-refractivity contribution is 6.30. The Morgan fingerprint density at radius 1 is 1.41 bits per heavy atom. The third kappa shape index (κ3) is 3.70. The van der Waals surface area contributed by atoms with Crippen LogP contribution in [0.25, 0.3) is 0 Å². The standard InChI is InChI=1S/C14H21ClN2/c1-10(11-4-2-5-12(15)8-11)17-14-7-3-6-13(16)9-14/h2,4-5,8,10,13-14,17H,3,6-7,9,16H2,1H3/t10-,13?,14?/m0/s1. The second-order valence-corrected chi connectivity index (χ2v) is 5.50. The maximum Gasteiger partial charge on any atom is 0.0409 e. The van der Waals surface area contributed by atoms with E-state index in [2.05, 4.69) is 18.3 Å². The van der Waals surface area contributed by atoms with Crippen molar-refractivity contribution < 1.29 is 0 Å². The number of rotatable bonds is 3. The molecular formula is C14H21ClN2. The maximum atomic E-state index is 6.01. The summed E-state index contributed by atoms with van der Waals surface area (Å²) in [7, 11) is 0. The molecule has 2 unspecified atom stereocenters. The molecule has 3 atom stereocenters. The van der Waals surface area contributed by atoms with Crippen LogP contribution in [0.5, 0.6) is 0 Å². The van der Waals surface area contributed by atoms with Crippen LogP contribution in [0.4, 0.5) is 0 Å². The summed E-state index contributed by atoms with van der Waals surface area (Å²) < 4.78 is 0. The van der Waals surface area contributed by atoms with Gasteiger partial charge in [0.25, 0.3) is 0 Å². The molecule has 1 aromatic carbocycles. The first kappa shape index (κ1) is 12.9. The van der Waals surface area contributed by atoms with Gasteiger partial charge < -0.3 is 11.1 Å². The molecule has 0 aromatic heterocycles. The van der Waals surface area contributed by atoms with E-state index in [9.17, 15) is 0 Å². The molecule has 1 aliphatic carbocycles. The van der Waals surface area contributed by atoms with Gasteiger partial charge in [0, 0.05) is 23.1 Å². The van der Waals surface area contributed by atoms with Gasteiger partial charge >= 0.3 is 0 Å². The molecule has 2 nitrogen and oxygen atoms in total. The van der Waals surface area contributed by atoms with Crippen LogP contribution in [0, 0.1) is 0 Å². The topological polar surface area (TPSA) is 38.0 Å². The molecule has 0 amide bonds. The van der Waals surface area contributed by atoms with Gasteiger partial charge in [-0.25, -0.2) is 0 Å². The first-order chi connectivity index (χ1) is 8.15. The molecule has 2 rings (SSSR count). The predicted molar refractivity (Wildman–Crippen MR) is 73.2 cm³/mol. The van der Waals surface area contributed by atoms with E-state index < -0.39 is 0 Å². The Morgan fingerprint density at radius 2 is 2.24 bits per heavy atom. The van der Waals surface area contributed by atoms with Crippen molar-refractivity contribution in [1.82, 2.24) is 5.32 Å². The summed E-state index contributed by atoms with van der Waals surface area (Å²) in [4.78, 5) is 0. The minimum atomic E-state index is 0.337. The van der Waals surface area contributed by atoms with E-state index in [0.717, 1.165) is 11.4 Å². The summed E-state index contributed by atoms with van der Waals surface area (Å²) in [6, 6.07) is 9.31. The van der Waals surface area contributed by atoms with Gasteiger partial charge in [-0.05, 0) is 43.9 Å². The quantitative estimate of drug-likeness (QED) is 0.867. The minimum Gasteiger partial charge on any atom is -0.328 e. The largest absolute Gasteiger partial charge is 0.328 e. The molecule has 3 N–H and O–H groups in total. The molecule has 0 heterocycles. The van der Waals surface area contributed by atoms with Gasteiger partial charge in [-0.1, -0.05) is 30.2 Å². The Balaban J connectivity index is 1.94. The highest BCUT2D eigenvalue weighted by Gasteiger charge is 2.20. The Hall–Kier alpha value is -0.570. The van der Waals surface area contributed by atoms with Crippen molar-refractivity contribution >= 4 is 11.6 Å². The summed E-state index contributed by atoms with van der Waals surface area (Å²) in [5.41, 5.74) is 7.25. The van der Waals surface area contributed by atoms with Gasteiger partial charge in [0.1, 0.15) is 0 Å². The fourth-order valence-corrected chi connectivity index (χ4v) is 2.80. The van der Waals surface area contributed by atoms with Crippen molar-refractivity contribution in [3.8, 4) is 0 Å². The number of benzene rings is 1. The molecule has 1 fully saturated rings. The van der Waals surface area contributed by atoms with Crippen molar-refractivity contribution in [2.24, 2.45) is 5.73 Å². The summed E-state index contributed by atoms with van der Waals surface area (Å²) >= 11 is 6.01. The Bertz CT molecular complexity index is 367. The van der Waals surface area contributed by atoms with Crippen molar-refractivity contribution in [2.45, 2.75) is 50.7 Å². The third-order valence-electron chi connectivity index (χ3n) is 3.55. The lowest BCUT2D eigenvalue weighted by molar-refractivity contribution is 0.319. The average molecular weight is 253 g/mol. The molecular weight excluding hydrogens is 232 g/mol. The molecule has 94 valence electrons. The maximum absolute atomic E-state index is 6.01. The van der Waals surface area contributed by atoms with Crippen molar-refractivity contribution in [2.75, 3.05) is 0 Å². The van der Waals surface area contributed by atoms with Crippen LogP contribution in [0.1, 0.15) is 44.2 Å². The zero-order chi connectivity index (χ0) is 12.3. The fraction of sp³-hybridized carbons (Fsp3) is 0.571. The molecule has 1 aliphatic rings. The smallest absolute Gasteiger partial charge is 0.0409 e. The number of hydrogen-bond acceptors (Lipinski definition) is 2. The minimum absolute atomic E-state index is 0.337. The van der Waals surface area contributed by atoms with E-state index in [-0.39, 0.29) is 0 Å². The van der Waals surface area contributed by atoms with Gasteiger partial charge in [-0.2, -0.15) is 0 Å². The highest BCUT2D eigenvalue weighted by atomic mass is 35.5. The molecule has 0 radical (unpaired) electrons. The van der Waals surface area contributed by atoms with E-state index in [4.69, 9.17) is 17.3 Å². The second kappa shape index (κ2) is 5.85. The molecule has 0 bridgehead atoms. The predicted octanol–water partition coefficient (Wildman–Crippen LogP) is 3.26. The highest BCUT2D eigenvalue weighted by Crippen LogP contribution is 2.22. The SMILES string of the molecule is C[C@H](NC1CCCC(N)C1)c1cccc(Cl)c1.